The minimum atomic E-state index is 0.754. The molecule has 64 valence electrons. The van der Waals surface area contributed by atoms with Gasteiger partial charge in [-0.3, -0.25) is 0 Å². The van der Waals surface area contributed by atoms with Crippen molar-refractivity contribution in [1.29, 1.82) is 0 Å². The molecule has 0 heteroatoms. The van der Waals surface area contributed by atoms with Crippen molar-refractivity contribution in [2.45, 2.75) is 39.5 Å². The van der Waals surface area contributed by atoms with Gasteiger partial charge in [0.15, 0.2) is 0 Å². The largest absolute Gasteiger partial charge is 0.103 e. The second kappa shape index (κ2) is 7.59. The zero-order valence-corrected chi connectivity index (χ0v) is 7.84. The average Bonchev–Trinajstić information content (AvgIpc) is 1.99. The molecule has 1 atom stereocenters. The molecule has 1 unspecified atom stereocenters. The summed E-state index contributed by atoms with van der Waals surface area (Å²) in [6, 6.07) is 0. The van der Waals surface area contributed by atoms with Gasteiger partial charge in [0.2, 0.25) is 0 Å². The summed E-state index contributed by atoms with van der Waals surface area (Å²) in [4.78, 5) is 0. The normalized spacial score (nSPS) is 13.6. The highest BCUT2D eigenvalue weighted by atomic mass is 14.0. The highest BCUT2D eigenvalue weighted by molar-refractivity contribution is 4.82. The summed E-state index contributed by atoms with van der Waals surface area (Å²) in [5.41, 5.74) is 0. The van der Waals surface area contributed by atoms with E-state index in [1.165, 1.54) is 25.7 Å². The quantitative estimate of drug-likeness (QED) is 0.399. The zero-order chi connectivity index (χ0) is 8.53. The molecule has 0 amide bonds. The van der Waals surface area contributed by atoms with Crippen LogP contribution in [0.25, 0.3) is 0 Å². The predicted octanol–water partition coefficient (Wildman–Crippen LogP) is 3.95. The maximum absolute atomic E-state index is 3.70. The molecule has 0 bridgehead atoms. The van der Waals surface area contributed by atoms with E-state index in [-0.39, 0.29) is 0 Å². The smallest absolute Gasteiger partial charge is 0.0262 e. The van der Waals surface area contributed by atoms with Crippen LogP contribution in [0.2, 0.25) is 0 Å². The van der Waals surface area contributed by atoms with Crippen molar-refractivity contribution in [1.82, 2.24) is 0 Å². The van der Waals surface area contributed by atoms with E-state index in [1.807, 2.05) is 6.08 Å². The Hall–Kier alpha value is -0.520. The van der Waals surface area contributed by atoms with Crippen LogP contribution >= 0.6 is 0 Å². The molecule has 0 aliphatic carbocycles. The Morgan fingerprint density at radius 3 is 2.64 bits per heavy atom. The van der Waals surface area contributed by atoms with Crippen LogP contribution in [0, 0.1) is 5.92 Å². The van der Waals surface area contributed by atoms with Gasteiger partial charge in [-0.05, 0) is 32.1 Å². The summed E-state index contributed by atoms with van der Waals surface area (Å²) in [5, 5.41) is 0. The summed E-state index contributed by atoms with van der Waals surface area (Å²) in [7, 11) is 0. The third-order valence-electron chi connectivity index (χ3n) is 1.84. The molecule has 0 fully saturated rings. The Bertz CT molecular complexity index is 111. The zero-order valence-electron chi connectivity index (χ0n) is 7.84. The molecule has 0 saturated heterocycles. The Morgan fingerprint density at radius 1 is 1.36 bits per heavy atom. The molecule has 0 aliphatic heterocycles. The average molecular weight is 152 g/mol. The van der Waals surface area contributed by atoms with Crippen molar-refractivity contribution in [3.63, 3.8) is 0 Å². The Kier molecular flexibility index (Phi) is 7.23. The summed E-state index contributed by atoms with van der Waals surface area (Å²) >= 11 is 0. The van der Waals surface area contributed by atoms with Gasteiger partial charge in [-0.15, -0.1) is 6.58 Å². The number of hydrogen-bond donors (Lipinski definition) is 0. The monoisotopic (exact) mass is 152 g/mol. The third kappa shape index (κ3) is 7.38. The van der Waals surface area contributed by atoms with Crippen molar-refractivity contribution in [2.24, 2.45) is 5.92 Å². The Balaban J connectivity index is 3.16. The molecule has 0 spiro atoms. The maximum Gasteiger partial charge on any atom is -0.0262 e. The highest BCUT2D eigenvalue weighted by Crippen LogP contribution is 2.10. The summed E-state index contributed by atoms with van der Waals surface area (Å²) in [6.45, 7) is 8.06. The predicted molar refractivity (Wildman–Crippen MR) is 52.6 cm³/mol. The van der Waals surface area contributed by atoms with Crippen LogP contribution in [0.3, 0.4) is 0 Å². The summed E-state index contributed by atoms with van der Waals surface area (Å²) in [6.07, 6.45) is 11.5. The lowest BCUT2D eigenvalue weighted by Gasteiger charge is -2.03. The summed E-state index contributed by atoms with van der Waals surface area (Å²) < 4.78 is 0. The molecule has 0 aliphatic rings. The van der Waals surface area contributed by atoms with Crippen LogP contribution in [0.5, 0.6) is 0 Å². The number of unbranched alkanes of at least 4 members (excludes halogenated alkanes) is 2. The van der Waals surface area contributed by atoms with Crippen molar-refractivity contribution >= 4 is 0 Å². The molecule has 0 aromatic rings. The van der Waals surface area contributed by atoms with Gasteiger partial charge in [-0.2, -0.15) is 0 Å². The SMILES string of the molecule is C=CCCCCC(C)C=CC. The van der Waals surface area contributed by atoms with E-state index < -0.39 is 0 Å². The molecular weight excluding hydrogens is 132 g/mol. The van der Waals surface area contributed by atoms with Gasteiger partial charge in [0.1, 0.15) is 0 Å². The molecule has 0 saturated carbocycles. The Labute approximate surface area is 71.0 Å². The van der Waals surface area contributed by atoms with Crippen LogP contribution < -0.4 is 0 Å². The topological polar surface area (TPSA) is 0 Å². The van der Waals surface area contributed by atoms with Gasteiger partial charge in [-0.25, -0.2) is 0 Å². The lowest BCUT2D eigenvalue weighted by atomic mass is 10.0. The van der Waals surface area contributed by atoms with Gasteiger partial charge in [0.05, 0.1) is 0 Å². The minimum Gasteiger partial charge on any atom is -0.103 e. The van der Waals surface area contributed by atoms with Crippen molar-refractivity contribution in [3.05, 3.63) is 24.8 Å². The molecule has 0 N–H and O–H groups in total. The maximum atomic E-state index is 3.70. The Morgan fingerprint density at radius 2 is 2.09 bits per heavy atom. The van der Waals surface area contributed by atoms with Gasteiger partial charge in [-0.1, -0.05) is 31.6 Å². The van der Waals surface area contributed by atoms with E-state index in [4.69, 9.17) is 0 Å². The van der Waals surface area contributed by atoms with Crippen molar-refractivity contribution in [2.75, 3.05) is 0 Å². The fourth-order valence-corrected chi connectivity index (χ4v) is 1.18. The van der Waals surface area contributed by atoms with E-state index in [9.17, 15) is 0 Å². The first-order valence-electron chi connectivity index (χ1n) is 4.55. The first kappa shape index (κ1) is 10.5. The third-order valence-corrected chi connectivity index (χ3v) is 1.84. The number of rotatable bonds is 6. The van der Waals surface area contributed by atoms with Gasteiger partial charge in [0.25, 0.3) is 0 Å². The fourth-order valence-electron chi connectivity index (χ4n) is 1.18. The van der Waals surface area contributed by atoms with E-state index in [0.717, 1.165) is 5.92 Å². The molecule has 0 aromatic carbocycles. The molecule has 0 radical (unpaired) electrons. The van der Waals surface area contributed by atoms with Crippen LogP contribution in [0.4, 0.5) is 0 Å². The van der Waals surface area contributed by atoms with Gasteiger partial charge in [0, 0.05) is 0 Å². The first-order chi connectivity index (χ1) is 5.31. The fraction of sp³-hybridized carbons (Fsp3) is 0.636. The van der Waals surface area contributed by atoms with E-state index in [1.54, 1.807) is 0 Å². The second-order valence-electron chi connectivity index (χ2n) is 3.08. The lowest BCUT2D eigenvalue weighted by molar-refractivity contribution is 0.584. The molecule has 0 aromatic heterocycles. The van der Waals surface area contributed by atoms with Crippen LogP contribution in [-0.4, -0.2) is 0 Å². The lowest BCUT2D eigenvalue weighted by Crippen LogP contribution is -1.88. The highest BCUT2D eigenvalue weighted by Gasteiger charge is 1.94. The molecule has 11 heavy (non-hydrogen) atoms. The van der Waals surface area contributed by atoms with E-state index >= 15 is 0 Å². The molecule has 0 nitrogen and oxygen atoms in total. The van der Waals surface area contributed by atoms with Gasteiger partial charge < -0.3 is 0 Å². The van der Waals surface area contributed by atoms with Crippen molar-refractivity contribution < 1.29 is 0 Å². The molecule has 0 heterocycles. The van der Waals surface area contributed by atoms with Crippen LogP contribution in [-0.2, 0) is 0 Å². The number of allylic oxidation sites excluding steroid dienone is 3. The minimum absolute atomic E-state index is 0.754. The first-order valence-corrected chi connectivity index (χ1v) is 4.55. The number of hydrogen-bond acceptors (Lipinski definition) is 0. The van der Waals surface area contributed by atoms with E-state index in [0.29, 0.717) is 0 Å². The van der Waals surface area contributed by atoms with Crippen LogP contribution in [0.1, 0.15) is 39.5 Å². The molecule has 0 rings (SSSR count). The summed E-state index contributed by atoms with van der Waals surface area (Å²) in [5.74, 6) is 0.754. The second-order valence-corrected chi connectivity index (χ2v) is 3.08. The van der Waals surface area contributed by atoms with Gasteiger partial charge >= 0.3 is 0 Å². The standard InChI is InChI=1S/C11H20/c1-4-6-7-8-10-11(3)9-5-2/h4-5,9,11H,1,6-8,10H2,2-3H3. The van der Waals surface area contributed by atoms with Crippen molar-refractivity contribution in [3.8, 4) is 0 Å². The van der Waals surface area contributed by atoms with Crippen LogP contribution in [0.15, 0.2) is 24.8 Å². The molecular formula is C11H20. The van der Waals surface area contributed by atoms with E-state index in [2.05, 4.69) is 32.6 Å².